The highest BCUT2D eigenvalue weighted by Crippen LogP contribution is 2.39. The number of benzene rings is 1. The van der Waals surface area contributed by atoms with E-state index in [-0.39, 0.29) is 23.5 Å². The molecule has 144 valence electrons. The van der Waals surface area contributed by atoms with Gasteiger partial charge in [0.25, 0.3) is 0 Å². The third-order valence-electron chi connectivity index (χ3n) is 3.27. The Labute approximate surface area is 147 Å². The van der Waals surface area contributed by atoms with Crippen molar-refractivity contribution in [1.82, 2.24) is 0 Å². The van der Waals surface area contributed by atoms with Gasteiger partial charge >= 0.3 is 16.3 Å². The predicted octanol–water partition coefficient (Wildman–Crippen LogP) is 2.46. The van der Waals surface area contributed by atoms with Gasteiger partial charge in [-0.3, -0.25) is 4.28 Å². The van der Waals surface area contributed by atoms with Crippen molar-refractivity contribution in [2.24, 2.45) is 5.16 Å². The summed E-state index contributed by atoms with van der Waals surface area (Å²) in [5.74, 6) is -0.240. The van der Waals surface area contributed by atoms with E-state index in [1.54, 1.807) is 0 Å². The van der Waals surface area contributed by atoms with Crippen LogP contribution in [0.1, 0.15) is 18.9 Å². The van der Waals surface area contributed by atoms with E-state index in [1.807, 2.05) is 0 Å². The topological polar surface area (TPSA) is 94.4 Å². The first-order valence-corrected chi connectivity index (χ1v) is 8.97. The molecule has 1 heterocycles. The van der Waals surface area contributed by atoms with E-state index in [0.717, 1.165) is 6.08 Å². The number of hydrogen-bond donors (Lipinski definition) is 1. The second-order valence-corrected chi connectivity index (χ2v) is 6.90. The summed E-state index contributed by atoms with van der Waals surface area (Å²) in [6, 6.07) is 4.45. The van der Waals surface area contributed by atoms with Gasteiger partial charge < -0.3 is 14.6 Å². The molecule has 26 heavy (non-hydrogen) atoms. The lowest BCUT2D eigenvalue weighted by molar-refractivity contribution is -0.0638. The number of para-hydroxylation sites is 1. The van der Waals surface area contributed by atoms with Crippen LogP contribution in [0.2, 0.25) is 0 Å². The van der Waals surface area contributed by atoms with Crippen LogP contribution in [-0.2, 0) is 14.4 Å². The summed E-state index contributed by atoms with van der Waals surface area (Å²) in [6.07, 6.45) is -6.01. The summed E-state index contributed by atoms with van der Waals surface area (Å²) in [5.41, 5.74) is -2.30. The average molecular weight is 395 g/mol. The number of aliphatic hydroxyl groups excluding tert-OH is 1. The largest absolute Gasteiger partial charge is 0.493 e. The molecule has 2 rings (SSSR count). The summed E-state index contributed by atoms with van der Waals surface area (Å²) in [7, 11) is -2.94. The van der Waals surface area contributed by atoms with Gasteiger partial charge in [-0.25, -0.2) is 0 Å². The molecule has 11 heteroatoms. The standard InChI is InChI=1S/C15H16F3NO6S/c1-3-7-26(21,22)25-19-13(15(16,17)18)10-8-9-5-4-6-11(23-2)12(9)24-14(10)20/h4-6,8,14,20H,3,7H2,1-2H3/b19-13+. The van der Waals surface area contributed by atoms with Crippen LogP contribution < -0.4 is 9.47 Å². The SMILES string of the molecule is CCCS(=O)(=O)O/N=C(\C1=Cc2cccc(OC)c2OC1O)C(F)(F)F. The zero-order valence-corrected chi connectivity index (χ0v) is 14.6. The second-order valence-electron chi connectivity index (χ2n) is 5.22. The van der Waals surface area contributed by atoms with Gasteiger partial charge in [0.1, 0.15) is 0 Å². The van der Waals surface area contributed by atoms with Crippen molar-refractivity contribution in [3.05, 3.63) is 29.3 Å². The van der Waals surface area contributed by atoms with Crippen molar-refractivity contribution in [3.8, 4) is 11.5 Å². The van der Waals surface area contributed by atoms with Crippen molar-refractivity contribution < 1.29 is 40.5 Å². The molecule has 0 saturated carbocycles. The van der Waals surface area contributed by atoms with Gasteiger partial charge in [-0.1, -0.05) is 24.2 Å². The number of aliphatic hydroxyl groups is 1. The first-order valence-electron chi connectivity index (χ1n) is 7.39. The van der Waals surface area contributed by atoms with Crippen LogP contribution in [0.25, 0.3) is 6.08 Å². The van der Waals surface area contributed by atoms with Crippen LogP contribution >= 0.6 is 0 Å². The van der Waals surface area contributed by atoms with Gasteiger partial charge in [0.05, 0.1) is 18.4 Å². The Kier molecular flexibility index (Phi) is 5.81. The van der Waals surface area contributed by atoms with Crippen LogP contribution in [0.3, 0.4) is 0 Å². The Hall–Kier alpha value is -2.27. The molecular formula is C15H16F3NO6S. The van der Waals surface area contributed by atoms with Crippen LogP contribution in [0, 0.1) is 0 Å². The highest BCUT2D eigenvalue weighted by atomic mass is 32.2. The molecule has 0 amide bonds. The normalized spacial score (nSPS) is 17.8. The van der Waals surface area contributed by atoms with Crippen molar-refractivity contribution in [2.75, 3.05) is 12.9 Å². The van der Waals surface area contributed by atoms with E-state index < -0.39 is 39.6 Å². The second kappa shape index (κ2) is 7.54. The van der Waals surface area contributed by atoms with E-state index in [0.29, 0.717) is 0 Å². The number of hydrogen-bond acceptors (Lipinski definition) is 7. The molecule has 0 fully saturated rings. The average Bonchev–Trinajstić information content (AvgIpc) is 2.53. The number of oxime groups is 1. The van der Waals surface area contributed by atoms with Crippen molar-refractivity contribution >= 4 is 21.9 Å². The van der Waals surface area contributed by atoms with E-state index in [9.17, 15) is 26.7 Å². The lowest BCUT2D eigenvalue weighted by Gasteiger charge is -2.25. The maximum atomic E-state index is 13.3. The minimum Gasteiger partial charge on any atom is -0.493 e. The zero-order chi connectivity index (χ0) is 19.5. The summed E-state index contributed by atoms with van der Waals surface area (Å²) >= 11 is 0. The number of methoxy groups -OCH3 is 1. The number of halogens is 3. The Morgan fingerprint density at radius 1 is 1.38 bits per heavy atom. The van der Waals surface area contributed by atoms with Gasteiger partial charge in [0.15, 0.2) is 17.2 Å². The Morgan fingerprint density at radius 2 is 2.08 bits per heavy atom. The zero-order valence-electron chi connectivity index (χ0n) is 13.8. The minimum atomic E-state index is -5.09. The first-order chi connectivity index (χ1) is 12.1. The third-order valence-corrected chi connectivity index (χ3v) is 4.48. The van der Waals surface area contributed by atoms with Crippen LogP contribution in [0.5, 0.6) is 11.5 Å². The fraction of sp³-hybridized carbons (Fsp3) is 0.400. The van der Waals surface area contributed by atoms with Gasteiger partial charge in [-0.05, 0) is 18.6 Å². The monoisotopic (exact) mass is 395 g/mol. The lowest BCUT2D eigenvalue weighted by Crippen LogP contribution is -2.35. The van der Waals surface area contributed by atoms with Crippen LogP contribution in [0.15, 0.2) is 28.9 Å². The lowest BCUT2D eigenvalue weighted by atomic mass is 10.0. The molecule has 0 spiro atoms. The Balaban J connectivity index is 2.50. The van der Waals surface area contributed by atoms with Crippen LogP contribution in [-0.4, -0.2) is 44.6 Å². The maximum Gasteiger partial charge on any atom is 0.437 e. The fourth-order valence-corrected chi connectivity index (χ4v) is 2.94. The summed E-state index contributed by atoms with van der Waals surface area (Å²) in [4.78, 5) is 0. The fourth-order valence-electron chi connectivity index (χ4n) is 2.18. The number of nitrogens with zero attached hydrogens (tertiary/aromatic N) is 1. The van der Waals surface area contributed by atoms with E-state index in [4.69, 9.17) is 9.47 Å². The van der Waals surface area contributed by atoms with Gasteiger partial charge in [0, 0.05) is 5.56 Å². The molecule has 0 bridgehead atoms. The van der Waals surface area contributed by atoms with Crippen molar-refractivity contribution in [3.63, 3.8) is 0 Å². The maximum absolute atomic E-state index is 13.3. The Morgan fingerprint density at radius 3 is 2.65 bits per heavy atom. The molecule has 0 aliphatic carbocycles. The number of rotatable bonds is 6. The molecule has 1 aromatic rings. The molecule has 1 aliphatic rings. The number of ether oxygens (including phenoxy) is 2. The molecule has 1 N–H and O–H groups in total. The molecule has 1 aliphatic heterocycles. The van der Waals surface area contributed by atoms with Gasteiger partial charge in [-0.15, -0.1) is 0 Å². The van der Waals surface area contributed by atoms with E-state index in [1.165, 1.54) is 32.2 Å². The summed E-state index contributed by atoms with van der Waals surface area (Å²) in [5, 5.41) is 12.7. The predicted molar refractivity (Wildman–Crippen MR) is 86.3 cm³/mol. The smallest absolute Gasteiger partial charge is 0.437 e. The molecule has 0 aromatic heterocycles. The minimum absolute atomic E-state index is 0.0484. The highest BCUT2D eigenvalue weighted by Gasteiger charge is 2.43. The number of alkyl halides is 3. The van der Waals surface area contributed by atoms with Crippen LogP contribution in [0.4, 0.5) is 13.2 Å². The molecule has 1 unspecified atom stereocenters. The van der Waals surface area contributed by atoms with Crippen molar-refractivity contribution in [2.45, 2.75) is 25.8 Å². The van der Waals surface area contributed by atoms with E-state index in [2.05, 4.69) is 9.44 Å². The molecular weight excluding hydrogens is 379 g/mol. The molecule has 0 radical (unpaired) electrons. The Bertz CT molecular complexity index is 832. The molecule has 7 nitrogen and oxygen atoms in total. The summed E-state index contributed by atoms with van der Waals surface area (Å²) < 4.78 is 77.2. The van der Waals surface area contributed by atoms with E-state index >= 15 is 0 Å². The molecule has 0 saturated heterocycles. The summed E-state index contributed by atoms with van der Waals surface area (Å²) in [6.45, 7) is 1.51. The first kappa shape index (κ1) is 20.0. The van der Waals surface area contributed by atoms with Gasteiger partial charge in [0.2, 0.25) is 6.29 Å². The quantitative estimate of drug-likeness (QED) is 0.587. The van der Waals surface area contributed by atoms with Gasteiger partial charge in [-0.2, -0.15) is 21.6 Å². The molecule has 1 atom stereocenters. The highest BCUT2D eigenvalue weighted by molar-refractivity contribution is 7.86. The molecule has 1 aromatic carbocycles. The third kappa shape index (κ3) is 4.47. The van der Waals surface area contributed by atoms with Crippen molar-refractivity contribution in [1.29, 1.82) is 0 Å². The number of fused-ring (bicyclic) bond motifs is 1.